The third-order valence-electron chi connectivity index (χ3n) is 4.03. The van der Waals surface area contributed by atoms with Crippen LogP contribution in [0, 0.1) is 19.8 Å². The molecule has 2 nitrogen and oxygen atoms in total. The van der Waals surface area contributed by atoms with Crippen molar-refractivity contribution in [2.45, 2.75) is 32.6 Å². The van der Waals surface area contributed by atoms with Crippen molar-refractivity contribution >= 4 is 0 Å². The summed E-state index contributed by atoms with van der Waals surface area (Å²) in [5.74, 6) is -3.14. The summed E-state index contributed by atoms with van der Waals surface area (Å²) >= 11 is 0. The molecule has 0 amide bonds. The fraction of sp³-hybridized carbons (Fsp3) is 0.600. The van der Waals surface area contributed by atoms with Gasteiger partial charge in [0.1, 0.15) is 5.75 Å². The number of halogens is 2. The molecule has 4 heteroatoms. The number of nitrogens with one attached hydrogen (secondary N) is 1. The Balaban J connectivity index is 2.40. The van der Waals surface area contributed by atoms with Crippen LogP contribution in [0.3, 0.4) is 0 Å². The Labute approximate surface area is 113 Å². The van der Waals surface area contributed by atoms with Crippen LogP contribution in [0.5, 0.6) is 5.75 Å². The molecular weight excluding hydrogens is 248 g/mol. The minimum Gasteiger partial charge on any atom is -0.496 e. The van der Waals surface area contributed by atoms with E-state index < -0.39 is 11.8 Å². The molecule has 19 heavy (non-hydrogen) atoms. The van der Waals surface area contributed by atoms with Crippen LogP contribution >= 0.6 is 0 Å². The van der Waals surface area contributed by atoms with E-state index in [2.05, 4.69) is 5.32 Å². The second-order valence-electron chi connectivity index (χ2n) is 5.28. The largest absolute Gasteiger partial charge is 0.496 e. The molecule has 1 heterocycles. The lowest BCUT2D eigenvalue weighted by Gasteiger charge is -2.31. The fourth-order valence-corrected chi connectivity index (χ4v) is 2.62. The maximum atomic E-state index is 14.7. The molecule has 0 aromatic heterocycles. The molecule has 2 rings (SSSR count). The van der Waals surface area contributed by atoms with Gasteiger partial charge in [-0.3, -0.25) is 0 Å². The van der Waals surface area contributed by atoms with Crippen LogP contribution in [0.25, 0.3) is 0 Å². The summed E-state index contributed by atoms with van der Waals surface area (Å²) in [6.45, 7) is 5.09. The molecule has 0 saturated carbocycles. The third kappa shape index (κ3) is 2.73. The molecule has 1 aromatic rings. The molecule has 1 aromatic carbocycles. The van der Waals surface area contributed by atoms with Crippen molar-refractivity contribution in [2.75, 3.05) is 20.2 Å². The normalized spacial score (nSPS) is 17.5. The monoisotopic (exact) mass is 269 g/mol. The van der Waals surface area contributed by atoms with Gasteiger partial charge in [-0.25, -0.2) is 8.78 Å². The first kappa shape index (κ1) is 14.3. The highest BCUT2D eigenvalue weighted by molar-refractivity contribution is 5.44. The number of alkyl halides is 2. The first-order valence-electron chi connectivity index (χ1n) is 6.71. The number of aryl methyl sites for hydroxylation is 2. The summed E-state index contributed by atoms with van der Waals surface area (Å²) in [5, 5.41) is 3.12. The summed E-state index contributed by atoms with van der Waals surface area (Å²) in [6, 6.07) is 3.29. The predicted molar refractivity (Wildman–Crippen MR) is 72.0 cm³/mol. The van der Waals surface area contributed by atoms with Crippen LogP contribution in [-0.2, 0) is 5.92 Å². The number of rotatable bonds is 3. The number of hydrogen-bond acceptors (Lipinski definition) is 2. The zero-order chi connectivity index (χ0) is 14.0. The van der Waals surface area contributed by atoms with Gasteiger partial charge in [0.25, 0.3) is 5.92 Å². The van der Waals surface area contributed by atoms with Gasteiger partial charge in [-0.1, -0.05) is 0 Å². The standard InChI is InChI=1S/C15H21F2NO/c1-10-8-13(14(19-3)9-11(10)2)15(16,17)12-4-6-18-7-5-12/h8-9,12,18H,4-7H2,1-3H3. The topological polar surface area (TPSA) is 21.3 Å². The quantitative estimate of drug-likeness (QED) is 0.908. The van der Waals surface area contributed by atoms with Gasteiger partial charge in [0.2, 0.25) is 0 Å². The summed E-state index contributed by atoms with van der Waals surface area (Å²) in [5.41, 5.74) is 1.89. The molecule has 1 fully saturated rings. The number of piperidine rings is 1. The van der Waals surface area contributed by atoms with Crippen molar-refractivity contribution in [3.8, 4) is 5.75 Å². The van der Waals surface area contributed by atoms with Crippen molar-refractivity contribution in [2.24, 2.45) is 5.92 Å². The lowest BCUT2D eigenvalue weighted by molar-refractivity contribution is -0.0768. The predicted octanol–water partition coefficient (Wildman–Crippen LogP) is 3.40. The molecule has 0 unspecified atom stereocenters. The van der Waals surface area contributed by atoms with Crippen molar-refractivity contribution in [3.05, 3.63) is 28.8 Å². The fourth-order valence-electron chi connectivity index (χ4n) is 2.62. The highest BCUT2D eigenvalue weighted by Crippen LogP contribution is 2.45. The van der Waals surface area contributed by atoms with E-state index in [1.165, 1.54) is 7.11 Å². The minimum atomic E-state index is -2.83. The lowest BCUT2D eigenvalue weighted by Crippen LogP contribution is -2.36. The Kier molecular flexibility index (Phi) is 4.09. The Morgan fingerprint density at radius 1 is 1.16 bits per heavy atom. The summed E-state index contributed by atoms with van der Waals surface area (Å²) in [6.07, 6.45) is 1.01. The molecule has 0 spiro atoms. The van der Waals surface area contributed by atoms with E-state index in [-0.39, 0.29) is 5.56 Å². The van der Waals surface area contributed by atoms with Gasteiger partial charge in [-0.15, -0.1) is 0 Å². The van der Waals surface area contributed by atoms with Gasteiger partial charge in [0.15, 0.2) is 0 Å². The van der Waals surface area contributed by atoms with E-state index in [1.54, 1.807) is 12.1 Å². The van der Waals surface area contributed by atoms with Crippen molar-refractivity contribution in [1.82, 2.24) is 5.32 Å². The molecule has 0 radical (unpaired) electrons. The Morgan fingerprint density at radius 2 is 1.74 bits per heavy atom. The smallest absolute Gasteiger partial charge is 0.279 e. The average molecular weight is 269 g/mol. The zero-order valence-corrected chi connectivity index (χ0v) is 11.7. The van der Waals surface area contributed by atoms with E-state index in [9.17, 15) is 8.78 Å². The summed E-state index contributed by atoms with van der Waals surface area (Å²) in [4.78, 5) is 0. The average Bonchev–Trinajstić information content (AvgIpc) is 2.42. The van der Waals surface area contributed by atoms with E-state index in [4.69, 9.17) is 4.74 Å². The second kappa shape index (κ2) is 5.45. The maximum Gasteiger partial charge on any atom is 0.279 e. The van der Waals surface area contributed by atoms with Crippen LogP contribution in [-0.4, -0.2) is 20.2 Å². The molecule has 1 aliphatic rings. The number of ether oxygens (including phenoxy) is 1. The molecule has 106 valence electrons. The molecule has 1 saturated heterocycles. The Morgan fingerprint density at radius 3 is 2.32 bits per heavy atom. The Bertz CT molecular complexity index is 454. The van der Waals surface area contributed by atoms with E-state index >= 15 is 0 Å². The van der Waals surface area contributed by atoms with Gasteiger partial charge in [-0.2, -0.15) is 0 Å². The van der Waals surface area contributed by atoms with Crippen LogP contribution in [0.4, 0.5) is 8.78 Å². The van der Waals surface area contributed by atoms with E-state index in [0.29, 0.717) is 31.7 Å². The van der Waals surface area contributed by atoms with Crippen LogP contribution in [0.1, 0.15) is 29.5 Å². The van der Waals surface area contributed by atoms with Crippen molar-refractivity contribution < 1.29 is 13.5 Å². The van der Waals surface area contributed by atoms with Crippen LogP contribution in [0.15, 0.2) is 12.1 Å². The SMILES string of the molecule is COc1cc(C)c(C)cc1C(F)(F)C1CCNCC1. The number of hydrogen-bond donors (Lipinski definition) is 1. The number of benzene rings is 1. The van der Waals surface area contributed by atoms with Gasteiger partial charge in [0, 0.05) is 5.92 Å². The van der Waals surface area contributed by atoms with E-state index in [0.717, 1.165) is 11.1 Å². The van der Waals surface area contributed by atoms with Gasteiger partial charge < -0.3 is 10.1 Å². The Hall–Kier alpha value is -1.16. The molecule has 1 N–H and O–H groups in total. The second-order valence-corrected chi connectivity index (χ2v) is 5.28. The molecule has 0 bridgehead atoms. The molecule has 0 aliphatic carbocycles. The highest BCUT2D eigenvalue weighted by atomic mass is 19.3. The van der Waals surface area contributed by atoms with Gasteiger partial charge in [0.05, 0.1) is 12.7 Å². The summed E-state index contributed by atoms with van der Waals surface area (Å²) < 4.78 is 34.5. The summed E-state index contributed by atoms with van der Waals surface area (Å²) in [7, 11) is 1.45. The third-order valence-corrected chi connectivity index (χ3v) is 4.03. The van der Waals surface area contributed by atoms with Crippen molar-refractivity contribution in [1.29, 1.82) is 0 Å². The molecule has 0 atom stereocenters. The van der Waals surface area contributed by atoms with Gasteiger partial charge in [-0.05, 0) is 63.0 Å². The van der Waals surface area contributed by atoms with Gasteiger partial charge >= 0.3 is 0 Å². The lowest BCUT2D eigenvalue weighted by atomic mass is 9.85. The zero-order valence-electron chi connectivity index (χ0n) is 11.7. The van der Waals surface area contributed by atoms with Crippen LogP contribution in [0.2, 0.25) is 0 Å². The van der Waals surface area contributed by atoms with Crippen LogP contribution < -0.4 is 10.1 Å². The first-order valence-corrected chi connectivity index (χ1v) is 6.71. The maximum absolute atomic E-state index is 14.7. The molecular formula is C15H21F2NO. The number of methoxy groups -OCH3 is 1. The molecule has 1 aliphatic heterocycles. The first-order chi connectivity index (χ1) is 8.96. The minimum absolute atomic E-state index is 0.0324. The van der Waals surface area contributed by atoms with Crippen molar-refractivity contribution in [3.63, 3.8) is 0 Å². The van der Waals surface area contributed by atoms with E-state index in [1.807, 2.05) is 13.8 Å². The highest BCUT2D eigenvalue weighted by Gasteiger charge is 2.43.